The van der Waals surface area contributed by atoms with Gasteiger partial charge in [-0.15, -0.1) is 0 Å². The van der Waals surface area contributed by atoms with Crippen LogP contribution in [0.2, 0.25) is 0 Å². The molecular formula is C18H19FN4O2. The Morgan fingerprint density at radius 3 is 3.12 bits per heavy atom. The minimum atomic E-state index is -0.562. The maximum Gasteiger partial charge on any atom is 0.247 e. The van der Waals surface area contributed by atoms with E-state index >= 15 is 0 Å². The molecule has 4 rings (SSSR count). The Hall–Kier alpha value is -2.54. The molecule has 0 spiro atoms. The molecule has 7 heteroatoms. The number of carbonyl (C=O) groups is 1. The van der Waals surface area contributed by atoms with E-state index in [-0.39, 0.29) is 23.2 Å². The van der Waals surface area contributed by atoms with Crippen molar-refractivity contribution < 1.29 is 14.3 Å². The first-order valence-electron chi connectivity index (χ1n) is 8.33. The lowest BCUT2D eigenvalue weighted by Gasteiger charge is -2.39. The average molecular weight is 342 g/mol. The number of nitrogens with one attached hydrogen (secondary N) is 1. The molecule has 2 aromatic heterocycles. The molecule has 0 radical (unpaired) electrons. The van der Waals surface area contributed by atoms with Crippen molar-refractivity contribution in [3.8, 4) is 11.3 Å². The van der Waals surface area contributed by atoms with E-state index in [1.165, 1.54) is 6.20 Å². The molecule has 2 atom stereocenters. The molecule has 2 aliphatic heterocycles. The molecule has 0 saturated carbocycles. The summed E-state index contributed by atoms with van der Waals surface area (Å²) in [5.74, 6) is 0.0874. The third kappa shape index (κ3) is 2.46. The van der Waals surface area contributed by atoms with Crippen molar-refractivity contribution in [3.63, 3.8) is 0 Å². The Balaban J connectivity index is 1.69. The van der Waals surface area contributed by atoms with Crippen molar-refractivity contribution in [2.45, 2.75) is 44.4 Å². The Morgan fingerprint density at radius 1 is 1.48 bits per heavy atom. The summed E-state index contributed by atoms with van der Waals surface area (Å²) >= 11 is 0. The van der Waals surface area contributed by atoms with Gasteiger partial charge in [0.2, 0.25) is 5.91 Å². The highest BCUT2D eigenvalue weighted by Gasteiger charge is 2.47. The first kappa shape index (κ1) is 16.0. The van der Waals surface area contributed by atoms with Crippen LogP contribution in [0, 0.1) is 5.82 Å². The number of pyridine rings is 1. The highest BCUT2D eigenvalue weighted by molar-refractivity contribution is 5.89. The molecule has 6 nitrogen and oxygen atoms in total. The number of aliphatic hydroxyl groups excluding tert-OH is 1. The highest BCUT2D eigenvalue weighted by Crippen LogP contribution is 2.45. The van der Waals surface area contributed by atoms with Gasteiger partial charge in [-0.25, -0.2) is 9.37 Å². The quantitative estimate of drug-likeness (QED) is 0.898. The van der Waals surface area contributed by atoms with Crippen molar-refractivity contribution in [2.75, 3.05) is 0 Å². The van der Waals surface area contributed by atoms with Crippen molar-refractivity contribution in [1.82, 2.24) is 19.9 Å². The fraction of sp³-hybridized carbons (Fsp3) is 0.389. The summed E-state index contributed by atoms with van der Waals surface area (Å²) in [5.41, 5.74) is 0.634. The molecule has 4 heterocycles. The molecule has 2 N–H and O–H groups in total. The van der Waals surface area contributed by atoms with Crippen LogP contribution < -0.4 is 0 Å². The molecule has 130 valence electrons. The fourth-order valence-corrected chi connectivity index (χ4v) is 3.89. The van der Waals surface area contributed by atoms with E-state index < -0.39 is 12.4 Å². The van der Waals surface area contributed by atoms with Crippen LogP contribution in [0.3, 0.4) is 0 Å². The van der Waals surface area contributed by atoms with Gasteiger partial charge in [0.25, 0.3) is 0 Å². The van der Waals surface area contributed by atoms with Gasteiger partial charge < -0.3 is 15.0 Å². The van der Waals surface area contributed by atoms with E-state index in [0.29, 0.717) is 17.1 Å². The number of rotatable bonds is 3. The second kappa shape index (κ2) is 5.77. The molecule has 2 unspecified atom stereocenters. The second-order valence-electron chi connectivity index (χ2n) is 6.83. The minimum Gasteiger partial charge on any atom is -0.390 e. The van der Waals surface area contributed by atoms with E-state index in [1.807, 2.05) is 11.0 Å². The number of halogens is 1. The largest absolute Gasteiger partial charge is 0.390 e. The minimum absolute atomic E-state index is 0.00145. The molecule has 25 heavy (non-hydrogen) atoms. The number of H-pyrrole nitrogens is 1. The van der Waals surface area contributed by atoms with Crippen LogP contribution in [0.15, 0.2) is 30.6 Å². The topological polar surface area (TPSA) is 82.1 Å². The maximum absolute atomic E-state index is 14.4. The lowest BCUT2D eigenvalue weighted by atomic mass is 9.92. The van der Waals surface area contributed by atoms with Gasteiger partial charge in [0.05, 0.1) is 24.5 Å². The number of hydrogen-bond acceptors (Lipinski definition) is 4. The molecule has 1 amide bonds. The molecule has 1 saturated heterocycles. The number of imidazole rings is 1. The standard InChI is InChI=1S/C18H19FN4O2/c1-18-6-2-3-15(25)23(18)14(4-7-18)17-21-9-12(22-17)11-5-8-20-13(10-24)16(11)19/h2-3,5,8-9,14,24H,4,6-7,10H2,1H3,(H,21,22). The lowest BCUT2D eigenvalue weighted by molar-refractivity contribution is -0.133. The molecule has 0 bridgehead atoms. The predicted molar refractivity (Wildman–Crippen MR) is 88.7 cm³/mol. The fourth-order valence-electron chi connectivity index (χ4n) is 3.89. The number of aromatic amines is 1. The maximum atomic E-state index is 14.4. The zero-order chi connectivity index (χ0) is 17.6. The van der Waals surface area contributed by atoms with Crippen molar-refractivity contribution in [3.05, 3.63) is 47.9 Å². The van der Waals surface area contributed by atoms with Crippen LogP contribution >= 0.6 is 0 Å². The summed E-state index contributed by atoms with van der Waals surface area (Å²) in [6, 6.07) is 1.40. The van der Waals surface area contributed by atoms with Crippen molar-refractivity contribution in [1.29, 1.82) is 0 Å². The van der Waals surface area contributed by atoms with Crippen LogP contribution in [-0.4, -0.2) is 36.4 Å². The Labute approximate surface area is 144 Å². The summed E-state index contributed by atoms with van der Waals surface area (Å²) in [4.78, 5) is 25.6. The number of carbonyl (C=O) groups excluding carboxylic acids is 1. The molecule has 0 aromatic carbocycles. The van der Waals surface area contributed by atoms with Crippen molar-refractivity contribution in [2.24, 2.45) is 0 Å². The summed E-state index contributed by atoms with van der Waals surface area (Å²) in [6.45, 7) is 1.63. The van der Waals surface area contributed by atoms with E-state index in [0.717, 1.165) is 19.3 Å². The summed E-state index contributed by atoms with van der Waals surface area (Å²) in [6.07, 6.45) is 9.11. The van der Waals surface area contributed by atoms with E-state index in [1.54, 1.807) is 18.3 Å². The summed E-state index contributed by atoms with van der Waals surface area (Å²) < 4.78 is 14.4. The van der Waals surface area contributed by atoms with Gasteiger partial charge in [-0.1, -0.05) is 6.08 Å². The van der Waals surface area contributed by atoms with Crippen LogP contribution in [0.1, 0.15) is 43.7 Å². The van der Waals surface area contributed by atoms with Crippen LogP contribution in [0.4, 0.5) is 4.39 Å². The van der Waals surface area contributed by atoms with Gasteiger partial charge in [0, 0.05) is 17.3 Å². The Bertz CT molecular complexity index is 863. The van der Waals surface area contributed by atoms with Gasteiger partial charge in [-0.3, -0.25) is 9.78 Å². The average Bonchev–Trinajstić information content (AvgIpc) is 3.20. The molecule has 2 aromatic rings. The van der Waals surface area contributed by atoms with Gasteiger partial charge in [0.1, 0.15) is 11.5 Å². The zero-order valence-electron chi connectivity index (χ0n) is 13.9. The number of nitrogens with zero attached hydrogens (tertiary/aromatic N) is 3. The molecule has 1 fully saturated rings. The van der Waals surface area contributed by atoms with Gasteiger partial charge in [0.15, 0.2) is 5.82 Å². The predicted octanol–water partition coefficient (Wildman–Crippen LogP) is 2.49. The van der Waals surface area contributed by atoms with Gasteiger partial charge in [-0.2, -0.15) is 0 Å². The van der Waals surface area contributed by atoms with Crippen LogP contribution in [0.25, 0.3) is 11.3 Å². The number of aromatic nitrogens is 3. The van der Waals surface area contributed by atoms with E-state index in [2.05, 4.69) is 21.9 Å². The molecular weight excluding hydrogens is 323 g/mol. The number of fused-ring (bicyclic) bond motifs is 1. The van der Waals surface area contributed by atoms with Crippen LogP contribution in [0.5, 0.6) is 0 Å². The highest BCUT2D eigenvalue weighted by atomic mass is 19.1. The number of aliphatic hydroxyl groups is 1. The zero-order valence-corrected chi connectivity index (χ0v) is 13.9. The van der Waals surface area contributed by atoms with Gasteiger partial charge in [-0.05, 0) is 38.3 Å². The lowest BCUT2D eigenvalue weighted by Crippen LogP contribution is -2.47. The molecule has 0 aliphatic carbocycles. The monoisotopic (exact) mass is 342 g/mol. The smallest absolute Gasteiger partial charge is 0.247 e. The Morgan fingerprint density at radius 2 is 2.32 bits per heavy atom. The Kier molecular flexibility index (Phi) is 3.68. The van der Waals surface area contributed by atoms with E-state index in [4.69, 9.17) is 0 Å². The number of amides is 1. The third-order valence-corrected chi connectivity index (χ3v) is 5.22. The second-order valence-corrected chi connectivity index (χ2v) is 6.83. The van der Waals surface area contributed by atoms with Crippen LogP contribution in [-0.2, 0) is 11.4 Å². The van der Waals surface area contributed by atoms with E-state index in [9.17, 15) is 14.3 Å². The summed E-state index contributed by atoms with van der Waals surface area (Å²) in [5, 5.41) is 9.18. The number of hydrogen-bond donors (Lipinski definition) is 2. The summed E-state index contributed by atoms with van der Waals surface area (Å²) in [7, 11) is 0. The SMILES string of the molecule is CC12CC=CC(=O)N1C(c1ncc(-c3ccnc(CO)c3F)[nH]1)CC2. The first-order chi connectivity index (χ1) is 12.0. The first-order valence-corrected chi connectivity index (χ1v) is 8.33. The normalized spacial score (nSPS) is 25.5. The van der Waals surface area contributed by atoms with Crippen molar-refractivity contribution >= 4 is 5.91 Å². The van der Waals surface area contributed by atoms with Gasteiger partial charge >= 0.3 is 0 Å². The molecule has 2 aliphatic rings. The third-order valence-electron chi connectivity index (χ3n) is 5.22.